The molecule has 1 rings (SSSR count). The van der Waals surface area contributed by atoms with Gasteiger partial charge in [0, 0.05) is 18.7 Å². The van der Waals surface area contributed by atoms with Crippen LogP contribution in [0.4, 0.5) is 0 Å². The third kappa shape index (κ3) is 3.72. The van der Waals surface area contributed by atoms with Crippen LogP contribution in [0.2, 0.25) is 0 Å². The molecule has 0 bridgehead atoms. The van der Waals surface area contributed by atoms with Crippen LogP contribution in [0.3, 0.4) is 0 Å². The highest BCUT2D eigenvalue weighted by Crippen LogP contribution is 2.23. The molecule has 1 aromatic carbocycles. The first-order chi connectivity index (χ1) is 7.81. The molecule has 0 fully saturated rings. The Kier molecular flexibility index (Phi) is 5.67. The van der Waals surface area contributed by atoms with Crippen LogP contribution in [0.15, 0.2) is 18.2 Å². The monoisotopic (exact) mass is 225 g/mol. The maximum Gasteiger partial charge on any atom is 0.123 e. The minimum absolute atomic E-state index is 0.211. The second-order valence-electron chi connectivity index (χ2n) is 3.43. The number of hydrogen-bond donors (Lipinski definition) is 2. The van der Waals surface area contributed by atoms with Gasteiger partial charge in [-0.1, -0.05) is 0 Å². The maximum absolute atomic E-state index is 8.66. The zero-order valence-corrected chi connectivity index (χ0v) is 9.82. The summed E-state index contributed by atoms with van der Waals surface area (Å²) >= 11 is 0. The Bertz CT molecular complexity index is 315. The van der Waals surface area contributed by atoms with Crippen molar-refractivity contribution in [2.24, 2.45) is 0 Å². The van der Waals surface area contributed by atoms with E-state index >= 15 is 0 Å². The molecule has 0 aliphatic carbocycles. The van der Waals surface area contributed by atoms with Crippen molar-refractivity contribution in [3.63, 3.8) is 0 Å². The Morgan fingerprint density at radius 2 is 2.06 bits per heavy atom. The lowest BCUT2D eigenvalue weighted by atomic mass is 10.2. The van der Waals surface area contributed by atoms with Crippen LogP contribution >= 0.6 is 0 Å². The first kappa shape index (κ1) is 12.8. The standard InChI is InChI=1S/C12H19NO3/c1-15-11-4-5-12(16-2)10(8-11)9-13-6-3-7-14/h4-5,8,13-14H,3,6-7,9H2,1-2H3. The lowest BCUT2D eigenvalue weighted by Gasteiger charge is -2.11. The normalized spacial score (nSPS) is 10.2. The number of benzene rings is 1. The maximum atomic E-state index is 8.66. The van der Waals surface area contributed by atoms with Crippen molar-refractivity contribution >= 4 is 0 Å². The van der Waals surface area contributed by atoms with Crippen LogP contribution in [0.5, 0.6) is 11.5 Å². The zero-order valence-electron chi connectivity index (χ0n) is 9.82. The molecule has 0 saturated heterocycles. The fraction of sp³-hybridized carbons (Fsp3) is 0.500. The summed E-state index contributed by atoms with van der Waals surface area (Å²) < 4.78 is 10.4. The van der Waals surface area contributed by atoms with E-state index in [1.807, 2.05) is 18.2 Å². The molecule has 0 unspecified atom stereocenters. The van der Waals surface area contributed by atoms with Crippen LogP contribution in [0.1, 0.15) is 12.0 Å². The van der Waals surface area contributed by atoms with Gasteiger partial charge in [-0.3, -0.25) is 0 Å². The smallest absolute Gasteiger partial charge is 0.123 e. The minimum Gasteiger partial charge on any atom is -0.497 e. The molecule has 0 aliphatic heterocycles. The van der Waals surface area contributed by atoms with Gasteiger partial charge in [0.1, 0.15) is 11.5 Å². The summed E-state index contributed by atoms with van der Waals surface area (Å²) in [5.74, 6) is 1.66. The molecule has 90 valence electrons. The van der Waals surface area contributed by atoms with Crippen LogP contribution in [0.25, 0.3) is 0 Å². The molecule has 4 heteroatoms. The summed E-state index contributed by atoms with van der Waals surface area (Å²) in [6, 6.07) is 5.71. The van der Waals surface area contributed by atoms with Crippen molar-refractivity contribution in [3.8, 4) is 11.5 Å². The molecule has 0 atom stereocenters. The Morgan fingerprint density at radius 3 is 2.69 bits per heavy atom. The molecule has 0 saturated carbocycles. The van der Waals surface area contributed by atoms with E-state index in [1.165, 1.54) is 0 Å². The van der Waals surface area contributed by atoms with E-state index < -0.39 is 0 Å². The Hall–Kier alpha value is -1.26. The number of aliphatic hydroxyl groups is 1. The van der Waals surface area contributed by atoms with Gasteiger partial charge in [0.05, 0.1) is 14.2 Å². The van der Waals surface area contributed by atoms with Crippen LogP contribution in [-0.2, 0) is 6.54 Å². The second kappa shape index (κ2) is 7.09. The summed E-state index contributed by atoms with van der Waals surface area (Å²) in [5.41, 5.74) is 1.06. The largest absolute Gasteiger partial charge is 0.497 e. The van der Waals surface area contributed by atoms with Crippen molar-refractivity contribution in [3.05, 3.63) is 23.8 Å². The van der Waals surface area contributed by atoms with Gasteiger partial charge in [0.25, 0.3) is 0 Å². The van der Waals surface area contributed by atoms with E-state index in [0.717, 1.165) is 30.0 Å². The number of rotatable bonds is 7. The minimum atomic E-state index is 0.211. The average molecular weight is 225 g/mol. The predicted octanol–water partition coefficient (Wildman–Crippen LogP) is 1.18. The van der Waals surface area contributed by atoms with Crippen LogP contribution in [0, 0.1) is 0 Å². The van der Waals surface area contributed by atoms with Gasteiger partial charge < -0.3 is 19.9 Å². The summed E-state index contributed by atoms with van der Waals surface area (Å²) in [6.07, 6.45) is 0.756. The van der Waals surface area contributed by atoms with Crippen molar-refractivity contribution in [1.82, 2.24) is 5.32 Å². The van der Waals surface area contributed by atoms with E-state index in [2.05, 4.69) is 5.32 Å². The zero-order chi connectivity index (χ0) is 11.8. The van der Waals surface area contributed by atoms with Gasteiger partial charge in [-0.15, -0.1) is 0 Å². The lowest BCUT2D eigenvalue weighted by Crippen LogP contribution is -2.16. The van der Waals surface area contributed by atoms with E-state index in [1.54, 1.807) is 14.2 Å². The highest BCUT2D eigenvalue weighted by Gasteiger charge is 2.04. The van der Waals surface area contributed by atoms with Crippen molar-refractivity contribution in [1.29, 1.82) is 0 Å². The summed E-state index contributed by atoms with van der Waals surface area (Å²) in [5, 5.41) is 11.9. The molecule has 0 aliphatic rings. The van der Waals surface area contributed by atoms with Crippen molar-refractivity contribution in [2.45, 2.75) is 13.0 Å². The van der Waals surface area contributed by atoms with E-state index in [0.29, 0.717) is 6.54 Å². The van der Waals surface area contributed by atoms with Gasteiger partial charge >= 0.3 is 0 Å². The molecule has 0 heterocycles. The molecule has 0 aromatic heterocycles. The van der Waals surface area contributed by atoms with Gasteiger partial charge in [-0.2, -0.15) is 0 Å². The molecular weight excluding hydrogens is 206 g/mol. The molecule has 0 spiro atoms. The fourth-order valence-corrected chi connectivity index (χ4v) is 1.45. The molecule has 16 heavy (non-hydrogen) atoms. The summed E-state index contributed by atoms with van der Waals surface area (Å²) in [4.78, 5) is 0. The molecule has 1 aromatic rings. The molecular formula is C12H19NO3. The second-order valence-corrected chi connectivity index (χ2v) is 3.43. The first-order valence-corrected chi connectivity index (χ1v) is 5.34. The van der Waals surface area contributed by atoms with Crippen molar-refractivity contribution < 1.29 is 14.6 Å². The quantitative estimate of drug-likeness (QED) is 0.684. The highest BCUT2D eigenvalue weighted by molar-refractivity contribution is 5.40. The first-order valence-electron chi connectivity index (χ1n) is 5.34. The van der Waals surface area contributed by atoms with Gasteiger partial charge in [-0.25, -0.2) is 0 Å². The average Bonchev–Trinajstić information content (AvgIpc) is 2.34. The summed E-state index contributed by atoms with van der Waals surface area (Å²) in [7, 11) is 3.30. The molecule has 4 nitrogen and oxygen atoms in total. The third-order valence-corrected chi connectivity index (χ3v) is 2.31. The van der Waals surface area contributed by atoms with Gasteiger partial charge in [0.2, 0.25) is 0 Å². The topological polar surface area (TPSA) is 50.7 Å². The van der Waals surface area contributed by atoms with E-state index in [4.69, 9.17) is 14.6 Å². The molecule has 0 amide bonds. The SMILES string of the molecule is COc1ccc(OC)c(CNCCCO)c1. The van der Waals surface area contributed by atoms with Crippen LogP contribution < -0.4 is 14.8 Å². The number of methoxy groups -OCH3 is 2. The molecule has 0 radical (unpaired) electrons. The number of ether oxygens (including phenoxy) is 2. The van der Waals surface area contributed by atoms with Crippen LogP contribution in [-0.4, -0.2) is 32.5 Å². The third-order valence-electron chi connectivity index (χ3n) is 2.31. The van der Waals surface area contributed by atoms with Gasteiger partial charge in [0.15, 0.2) is 0 Å². The lowest BCUT2D eigenvalue weighted by molar-refractivity contribution is 0.286. The number of hydrogen-bond acceptors (Lipinski definition) is 4. The Balaban J connectivity index is 2.60. The number of aliphatic hydroxyl groups excluding tert-OH is 1. The summed E-state index contributed by atoms with van der Waals surface area (Å²) in [6.45, 7) is 1.71. The Labute approximate surface area is 96.2 Å². The highest BCUT2D eigenvalue weighted by atomic mass is 16.5. The van der Waals surface area contributed by atoms with Gasteiger partial charge in [-0.05, 0) is 31.2 Å². The van der Waals surface area contributed by atoms with Crippen molar-refractivity contribution in [2.75, 3.05) is 27.4 Å². The predicted molar refractivity (Wildman–Crippen MR) is 63.0 cm³/mol. The fourth-order valence-electron chi connectivity index (χ4n) is 1.45. The Morgan fingerprint density at radius 1 is 1.25 bits per heavy atom. The molecule has 2 N–H and O–H groups in total. The van der Waals surface area contributed by atoms with E-state index in [9.17, 15) is 0 Å². The van der Waals surface area contributed by atoms with E-state index in [-0.39, 0.29) is 6.61 Å². The number of nitrogens with one attached hydrogen (secondary N) is 1.